The van der Waals surface area contributed by atoms with Gasteiger partial charge in [0.05, 0.1) is 11.7 Å². The lowest BCUT2D eigenvalue weighted by Gasteiger charge is -2.30. The summed E-state index contributed by atoms with van der Waals surface area (Å²) in [5.41, 5.74) is 2.03. The largest absolute Gasteiger partial charge is 0.363 e. The van der Waals surface area contributed by atoms with Gasteiger partial charge in [-0.1, -0.05) is 30.3 Å². The number of nitrogens with zero attached hydrogens (tertiary/aromatic N) is 1. The number of hydrogen-bond donors (Lipinski definition) is 0. The van der Waals surface area contributed by atoms with Gasteiger partial charge in [-0.3, -0.25) is 4.98 Å². The van der Waals surface area contributed by atoms with E-state index in [0.717, 1.165) is 5.56 Å². The lowest BCUT2D eigenvalue weighted by atomic mass is 9.97. The second-order valence-corrected chi connectivity index (χ2v) is 4.92. The molecular weight excluding hydrogens is 222 g/mol. The molecular formula is C16H19NO. The number of pyridine rings is 1. The van der Waals surface area contributed by atoms with Crippen LogP contribution < -0.4 is 0 Å². The van der Waals surface area contributed by atoms with E-state index in [1.165, 1.54) is 5.56 Å². The van der Waals surface area contributed by atoms with Gasteiger partial charge in [-0.25, -0.2) is 0 Å². The Morgan fingerprint density at radius 2 is 1.61 bits per heavy atom. The summed E-state index contributed by atoms with van der Waals surface area (Å²) in [4.78, 5) is 4.03. The monoisotopic (exact) mass is 241 g/mol. The standard InChI is InChI=1S/C16H19NO/c1-13(14-9-11-17-12-10-14)18-16(2,3)15-7-5-4-6-8-15/h4-13H,1-3H3. The van der Waals surface area contributed by atoms with E-state index in [-0.39, 0.29) is 11.7 Å². The predicted molar refractivity (Wildman–Crippen MR) is 73.2 cm³/mol. The zero-order valence-corrected chi connectivity index (χ0v) is 11.1. The minimum atomic E-state index is -0.302. The van der Waals surface area contributed by atoms with Gasteiger partial charge in [-0.2, -0.15) is 0 Å². The van der Waals surface area contributed by atoms with Crippen LogP contribution in [0, 0.1) is 0 Å². The molecule has 1 atom stereocenters. The molecule has 0 aliphatic heterocycles. The van der Waals surface area contributed by atoms with E-state index in [9.17, 15) is 0 Å². The Bertz CT molecular complexity index is 479. The summed E-state index contributed by atoms with van der Waals surface area (Å²) in [6, 6.07) is 14.3. The molecule has 94 valence electrons. The minimum Gasteiger partial charge on any atom is -0.363 e. The van der Waals surface area contributed by atoms with Crippen LogP contribution in [0.1, 0.15) is 38.0 Å². The molecule has 1 aromatic carbocycles. The molecule has 2 heteroatoms. The van der Waals surface area contributed by atoms with Crippen LogP contribution in [0.3, 0.4) is 0 Å². The van der Waals surface area contributed by atoms with Crippen molar-refractivity contribution in [3.05, 3.63) is 66.0 Å². The quantitative estimate of drug-likeness (QED) is 0.804. The molecule has 0 aliphatic carbocycles. The maximum Gasteiger partial charge on any atom is 0.0883 e. The second-order valence-electron chi connectivity index (χ2n) is 4.92. The third-order valence-corrected chi connectivity index (χ3v) is 3.12. The smallest absolute Gasteiger partial charge is 0.0883 e. The lowest BCUT2D eigenvalue weighted by Crippen LogP contribution is -2.23. The summed E-state index contributed by atoms with van der Waals surface area (Å²) in [7, 11) is 0. The van der Waals surface area contributed by atoms with Gasteiger partial charge in [-0.15, -0.1) is 0 Å². The summed E-state index contributed by atoms with van der Waals surface area (Å²) in [5.74, 6) is 0. The highest BCUT2D eigenvalue weighted by molar-refractivity contribution is 5.21. The lowest BCUT2D eigenvalue weighted by molar-refractivity contribution is -0.0702. The molecule has 0 amide bonds. The van der Waals surface area contributed by atoms with E-state index < -0.39 is 0 Å². The van der Waals surface area contributed by atoms with Crippen molar-refractivity contribution in [3.8, 4) is 0 Å². The van der Waals surface area contributed by atoms with Crippen molar-refractivity contribution in [1.82, 2.24) is 4.98 Å². The molecule has 0 saturated carbocycles. The average molecular weight is 241 g/mol. The maximum atomic E-state index is 6.18. The Morgan fingerprint density at radius 1 is 1.00 bits per heavy atom. The summed E-state index contributed by atoms with van der Waals surface area (Å²) in [6.07, 6.45) is 3.64. The first-order valence-electron chi connectivity index (χ1n) is 6.23. The topological polar surface area (TPSA) is 22.1 Å². The fourth-order valence-corrected chi connectivity index (χ4v) is 2.05. The summed E-state index contributed by atoms with van der Waals surface area (Å²) >= 11 is 0. The number of hydrogen-bond acceptors (Lipinski definition) is 2. The van der Waals surface area contributed by atoms with Crippen molar-refractivity contribution >= 4 is 0 Å². The number of benzene rings is 1. The van der Waals surface area contributed by atoms with Crippen molar-refractivity contribution < 1.29 is 4.74 Å². The first-order valence-corrected chi connectivity index (χ1v) is 6.23. The Labute approximate surface area is 109 Å². The van der Waals surface area contributed by atoms with Crippen LogP contribution in [0.2, 0.25) is 0 Å². The van der Waals surface area contributed by atoms with Gasteiger partial charge in [0.25, 0.3) is 0 Å². The van der Waals surface area contributed by atoms with E-state index in [4.69, 9.17) is 4.74 Å². The molecule has 0 bridgehead atoms. The third-order valence-electron chi connectivity index (χ3n) is 3.12. The molecule has 1 unspecified atom stereocenters. The van der Waals surface area contributed by atoms with Gasteiger partial charge in [0.2, 0.25) is 0 Å². The summed E-state index contributed by atoms with van der Waals surface area (Å²) < 4.78 is 6.18. The molecule has 0 radical (unpaired) electrons. The zero-order chi connectivity index (χ0) is 13.0. The van der Waals surface area contributed by atoms with Gasteiger partial charge < -0.3 is 4.74 Å². The fraction of sp³-hybridized carbons (Fsp3) is 0.312. The van der Waals surface area contributed by atoms with Crippen LogP contribution in [0.5, 0.6) is 0 Å². The summed E-state index contributed by atoms with van der Waals surface area (Å²) in [6.45, 7) is 6.26. The van der Waals surface area contributed by atoms with Crippen molar-refractivity contribution in [1.29, 1.82) is 0 Å². The van der Waals surface area contributed by atoms with E-state index in [1.807, 2.05) is 30.3 Å². The minimum absolute atomic E-state index is 0.0446. The van der Waals surface area contributed by atoms with Crippen molar-refractivity contribution in [3.63, 3.8) is 0 Å². The average Bonchev–Trinajstić information content (AvgIpc) is 2.40. The fourth-order valence-electron chi connectivity index (χ4n) is 2.05. The first-order chi connectivity index (χ1) is 8.59. The molecule has 2 nitrogen and oxygen atoms in total. The highest BCUT2D eigenvalue weighted by Crippen LogP contribution is 2.31. The predicted octanol–water partition coefficient (Wildman–Crippen LogP) is 4.09. The zero-order valence-electron chi connectivity index (χ0n) is 11.1. The van der Waals surface area contributed by atoms with Crippen LogP contribution >= 0.6 is 0 Å². The van der Waals surface area contributed by atoms with Crippen LogP contribution in [-0.2, 0) is 10.3 Å². The number of rotatable bonds is 4. The second kappa shape index (κ2) is 5.32. The van der Waals surface area contributed by atoms with Gasteiger partial charge in [0.1, 0.15) is 0 Å². The molecule has 2 aromatic rings. The Morgan fingerprint density at radius 3 is 2.22 bits per heavy atom. The van der Waals surface area contributed by atoms with Gasteiger partial charge in [0.15, 0.2) is 0 Å². The number of aromatic nitrogens is 1. The molecule has 0 fully saturated rings. The van der Waals surface area contributed by atoms with Crippen LogP contribution in [0.15, 0.2) is 54.9 Å². The SMILES string of the molecule is CC(OC(C)(C)c1ccccc1)c1ccncc1. The van der Waals surface area contributed by atoms with Crippen molar-refractivity contribution in [2.24, 2.45) is 0 Å². The highest BCUT2D eigenvalue weighted by atomic mass is 16.5. The van der Waals surface area contributed by atoms with Crippen LogP contribution in [0.25, 0.3) is 0 Å². The molecule has 18 heavy (non-hydrogen) atoms. The molecule has 1 heterocycles. The van der Waals surface area contributed by atoms with Gasteiger partial charge in [-0.05, 0) is 44.0 Å². The Hall–Kier alpha value is -1.67. The molecule has 0 N–H and O–H groups in total. The van der Waals surface area contributed by atoms with Gasteiger partial charge in [0, 0.05) is 12.4 Å². The first kappa shape index (κ1) is 12.8. The van der Waals surface area contributed by atoms with Crippen LogP contribution in [-0.4, -0.2) is 4.98 Å². The van der Waals surface area contributed by atoms with Crippen molar-refractivity contribution in [2.45, 2.75) is 32.5 Å². The molecule has 2 rings (SSSR count). The Balaban J connectivity index is 2.14. The van der Waals surface area contributed by atoms with Gasteiger partial charge >= 0.3 is 0 Å². The molecule has 0 spiro atoms. The van der Waals surface area contributed by atoms with E-state index in [1.54, 1.807) is 12.4 Å². The van der Waals surface area contributed by atoms with Crippen molar-refractivity contribution in [2.75, 3.05) is 0 Å². The van der Waals surface area contributed by atoms with E-state index in [2.05, 4.69) is 37.9 Å². The van der Waals surface area contributed by atoms with Crippen LogP contribution in [0.4, 0.5) is 0 Å². The molecule has 0 aliphatic rings. The number of ether oxygens (including phenoxy) is 1. The Kier molecular flexibility index (Phi) is 3.78. The maximum absolute atomic E-state index is 6.18. The van der Waals surface area contributed by atoms with E-state index in [0.29, 0.717) is 0 Å². The molecule has 1 aromatic heterocycles. The normalized spacial score (nSPS) is 13.3. The third kappa shape index (κ3) is 2.96. The highest BCUT2D eigenvalue weighted by Gasteiger charge is 2.24. The summed E-state index contributed by atoms with van der Waals surface area (Å²) in [5, 5.41) is 0. The molecule has 0 saturated heterocycles. The van der Waals surface area contributed by atoms with E-state index >= 15 is 0 Å².